The fourth-order valence-corrected chi connectivity index (χ4v) is 3.74. The van der Waals surface area contributed by atoms with Crippen molar-refractivity contribution in [1.82, 2.24) is 4.98 Å². The number of aliphatic hydroxyl groups excluding tert-OH is 1. The number of aliphatic hydroxyl groups is 1. The van der Waals surface area contributed by atoms with Crippen LogP contribution in [0.3, 0.4) is 0 Å². The van der Waals surface area contributed by atoms with Crippen molar-refractivity contribution in [1.29, 1.82) is 0 Å². The summed E-state index contributed by atoms with van der Waals surface area (Å²) in [7, 11) is 0. The van der Waals surface area contributed by atoms with Crippen LogP contribution in [-0.4, -0.2) is 16.2 Å². The number of thiazole rings is 1. The zero-order valence-corrected chi connectivity index (χ0v) is 11.7. The second-order valence-electron chi connectivity index (χ2n) is 5.25. The molecule has 0 spiro atoms. The summed E-state index contributed by atoms with van der Waals surface area (Å²) in [6.45, 7) is 4.28. The van der Waals surface area contributed by atoms with Crippen molar-refractivity contribution in [2.24, 2.45) is 11.8 Å². The molecule has 1 fully saturated rings. The Morgan fingerprint density at radius 1 is 1.47 bits per heavy atom. The minimum absolute atomic E-state index is 0.193. The number of aryl methyl sites for hydroxylation is 1. The first-order valence-corrected chi connectivity index (χ1v) is 7.67. The van der Waals surface area contributed by atoms with E-state index in [9.17, 15) is 5.11 Å². The van der Waals surface area contributed by atoms with E-state index in [1.165, 1.54) is 32.1 Å². The van der Waals surface area contributed by atoms with E-state index in [1.54, 1.807) is 11.3 Å². The first-order chi connectivity index (χ1) is 8.20. The molecule has 0 aliphatic heterocycles. The lowest BCUT2D eigenvalue weighted by Crippen LogP contribution is -2.32. The highest BCUT2D eigenvalue weighted by Gasteiger charge is 2.29. The van der Waals surface area contributed by atoms with E-state index >= 15 is 0 Å². The third-order valence-electron chi connectivity index (χ3n) is 4.07. The van der Waals surface area contributed by atoms with Crippen LogP contribution in [0.4, 0.5) is 0 Å². The van der Waals surface area contributed by atoms with E-state index in [1.807, 2.05) is 6.92 Å². The van der Waals surface area contributed by atoms with E-state index in [0.29, 0.717) is 5.92 Å². The van der Waals surface area contributed by atoms with E-state index < -0.39 is 0 Å². The lowest BCUT2D eigenvalue weighted by atomic mass is 9.74. The highest BCUT2D eigenvalue weighted by atomic mass is 32.1. The summed E-state index contributed by atoms with van der Waals surface area (Å²) in [5, 5.41) is 13.6. The molecule has 0 bridgehead atoms. The Hall–Kier alpha value is -0.410. The highest BCUT2D eigenvalue weighted by molar-refractivity contribution is 7.09. The van der Waals surface area contributed by atoms with E-state index in [0.717, 1.165) is 23.0 Å². The van der Waals surface area contributed by atoms with Crippen LogP contribution in [-0.2, 0) is 6.42 Å². The molecule has 1 saturated carbocycles. The topological polar surface area (TPSA) is 33.1 Å². The average molecular weight is 253 g/mol. The summed E-state index contributed by atoms with van der Waals surface area (Å²) < 4.78 is 0. The van der Waals surface area contributed by atoms with Crippen LogP contribution in [0.1, 0.15) is 49.7 Å². The fourth-order valence-electron chi connectivity index (χ4n) is 3.12. The molecule has 1 N–H and O–H groups in total. The van der Waals surface area contributed by atoms with Crippen molar-refractivity contribution in [3.05, 3.63) is 16.1 Å². The van der Waals surface area contributed by atoms with Crippen molar-refractivity contribution in [3.63, 3.8) is 0 Å². The van der Waals surface area contributed by atoms with Gasteiger partial charge >= 0.3 is 0 Å². The molecule has 1 heterocycles. The molecule has 0 aromatic carbocycles. The Morgan fingerprint density at radius 2 is 2.24 bits per heavy atom. The largest absolute Gasteiger partial charge is 0.392 e. The van der Waals surface area contributed by atoms with Crippen LogP contribution in [0.2, 0.25) is 0 Å². The quantitative estimate of drug-likeness (QED) is 0.890. The van der Waals surface area contributed by atoms with Gasteiger partial charge in [-0.05, 0) is 25.2 Å². The Morgan fingerprint density at radius 3 is 2.88 bits per heavy atom. The van der Waals surface area contributed by atoms with Gasteiger partial charge in [0.25, 0.3) is 0 Å². The summed E-state index contributed by atoms with van der Waals surface area (Å²) in [5.41, 5.74) is 1.07. The summed E-state index contributed by atoms with van der Waals surface area (Å²) >= 11 is 1.68. The third kappa shape index (κ3) is 3.29. The van der Waals surface area contributed by atoms with Gasteiger partial charge in [-0.2, -0.15) is 0 Å². The van der Waals surface area contributed by atoms with Gasteiger partial charge in [0.15, 0.2) is 0 Å². The standard InChI is InChI=1S/C14H23NOS/c1-3-11-6-4-5-7-13(11)14(16)8-12-9-17-10(2)15-12/h9,11,13-14,16H,3-8H2,1-2H3. The number of nitrogens with zero attached hydrogens (tertiary/aromatic N) is 1. The van der Waals surface area contributed by atoms with Gasteiger partial charge < -0.3 is 5.11 Å². The van der Waals surface area contributed by atoms with Crippen molar-refractivity contribution < 1.29 is 5.11 Å². The summed E-state index contributed by atoms with van der Waals surface area (Å²) in [4.78, 5) is 4.45. The zero-order chi connectivity index (χ0) is 12.3. The van der Waals surface area contributed by atoms with Crippen molar-refractivity contribution in [2.75, 3.05) is 0 Å². The Labute approximate surface area is 108 Å². The SMILES string of the molecule is CCC1CCCCC1C(O)Cc1csc(C)n1. The molecule has 0 amide bonds. The number of hydrogen-bond donors (Lipinski definition) is 1. The molecule has 96 valence electrons. The van der Waals surface area contributed by atoms with E-state index in [2.05, 4.69) is 17.3 Å². The minimum Gasteiger partial charge on any atom is -0.392 e. The molecular weight excluding hydrogens is 230 g/mol. The molecule has 1 aliphatic rings. The van der Waals surface area contributed by atoms with Crippen LogP contribution in [0, 0.1) is 18.8 Å². The maximum atomic E-state index is 10.4. The van der Waals surface area contributed by atoms with Gasteiger partial charge in [-0.15, -0.1) is 11.3 Å². The van der Waals surface area contributed by atoms with Crippen LogP contribution >= 0.6 is 11.3 Å². The zero-order valence-electron chi connectivity index (χ0n) is 10.9. The molecule has 1 aromatic rings. The molecule has 1 aromatic heterocycles. The first-order valence-electron chi connectivity index (χ1n) is 6.79. The number of hydrogen-bond acceptors (Lipinski definition) is 3. The van der Waals surface area contributed by atoms with Gasteiger partial charge in [0.2, 0.25) is 0 Å². The summed E-state index contributed by atoms with van der Waals surface area (Å²) in [6, 6.07) is 0. The summed E-state index contributed by atoms with van der Waals surface area (Å²) in [5.74, 6) is 1.22. The van der Waals surface area contributed by atoms with E-state index in [-0.39, 0.29) is 6.10 Å². The van der Waals surface area contributed by atoms with Crippen molar-refractivity contribution >= 4 is 11.3 Å². The maximum Gasteiger partial charge on any atom is 0.0897 e. The molecular formula is C14H23NOS. The Bertz CT molecular complexity index is 350. The van der Waals surface area contributed by atoms with Gasteiger partial charge in [0.05, 0.1) is 16.8 Å². The van der Waals surface area contributed by atoms with Crippen LogP contribution in [0.25, 0.3) is 0 Å². The van der Waals surface area contributed by atoms with Crippen LogP contribution < -0.4 is 0 Å². The lowest BCUT2D eigenvalue weighted by molar-refractivity contribution is 0.0459. The third-order valence-corrected chi connectivity index (χ3v) is 4.89. The molecule has 0 saturated heterocycles. The molecule has 3 unspecified atom stereocenters. The average Bonchev–Trinajstić information content (AvgIpc) is 2.74. The highest BCUT2D eigenvalue weighted by Crippen LogP contribution is 2.35. The molecule has 0 radical (unpaired) electrons. The fraction of sp³-hybridized carbons (Fsp3) is 0.786. The predicted octanol–water partition coefficient (Wildman–Crippen LogP) is 3.57. The second kappa shape index (κ2) is 5.96. The lowest BCUT2D eigenvalue weighted by Gasteiger charge is -2.34. The van der Waals surface area contributed by atoms with Gasteiger partial charge in [0, 0.05) is 11.8 Å². The normalized spacial score (nSPS) is 27.0. The predicted molar refractivity (Wildman–Crippen MR) is 72.3 cm³/mol. The second-order valence-corrected chi connectivity index (χ2v) is 6.31. The van der Waals surface area contributed by atoms with Crippen LogP contribution in [0.15, 0.2) is 5.38 Å². The van der Waals surface area contributed by atoms with Gasteiger partial charge in [-0.3, -0.25) is 0 Å². The molecule has 3 heteroatoms. The van der Waals surface area contributed by atoms with Crippen LogP contribution in [0.5, 0.6) is 0 Å². The smallest absolute Gasteiger partial charge is 0.0897 e. The minimum atomic E-state index is -0.193. The summed E-state index contributed by atoms with van der Waals surface area (Å²) in [6.07, 6.45) is 6.88. The van der Waals surface area contributed by atoms with E-state index in [4.69, 9.17) is 0 Å². The Kier molecular flexibility index (Phi) is 4.57. The van der Waals surface area contributed by atoms with Crippen molar-refractivity contribution in [3.8, 4) is 0 Å². The monoisotopic (exact) mass is 253 g/mol. The molecule has 3 atom stereocenters. The molecule has 2 rings (SSSR count). The van der Waals surface area contributed by atoms with Gasteiger partial charge in [-0.1, -0.05) is 32.6 Å². The van der Waals surface area contributed by atoms with Gasteiger partial charge in [-0.25, -0.2) is 4.98 Å². The number of aromatic nitrogens is 1. The maximum absolute atomic E-state index is 10.4. The number of rotatable bonds is 4. The first kappa shape index (κ1) is 13.0. The molecule has 1 aliphatic carbocycles. The van der Waals surface area contributed by atoms with Crippen molar-refractivity contribution in [2.45, 2.75) is 58.5 Å². The Balaban J connectivity index is 1.95. The van der Waals surface area contributed by atoms with Gasteiger partial charge in [0.1, 0.15) is 0 Å². The molecule has 2 nitrogen and oxygen atoms in total. The molecule has 17 heavy (non-hydrogen) atoms.